The maximum Gasteiger partial charge on any atom is 0.223 e. The predicted octanol–water partition coefficient (Wildman–Crippen LogP) is 2.60. The monoisotopic (exact) mass is 333 g/mol. The van der Waals surface area contributed by atoms with Crippen LogP contribution in [0.2, 0.25) is 5.28 Å². The number of aromatic nitrogens is 2. The summed E-state index contributed by atoms with van der Waals surface area (Å²) >= 11 is 6.05. The molecule has 6 heteroatoms. The summed E-state index contributed by atoms with van der Waals surface area (Å²) in [6.07, 6.45) is 2.01. The second-order valence-corrected chi connectivity index (χ2v) is 6.08. The van der Waals surface area contributed by atoms with E-state index in [0.717, 1.165) is 35.5 Å². The average molecular weight is 334 g/mol. The Kier molecular flexibility index (Phi) is 4.57. The number of hydrogen-bond donors (Lipinski definition) is 0. The molecule has 0 N–H and O–H groups in total. The predicted molar refractivity (Wildman–Crippen MR) is 88.7 cm³/mol. The standard InChI is InChI=1S/C17H20ClN3O2/c1-20-15-11-21(10-9-14(15)19-17(20)18)16(22)8-5-12-3-6-13(23-2)7-4-12/h3-4,6-7H,5,8-11H2,1-2H3. The molecule has 0 atom stereocenters. The van der Waals surface area contributed by atoms with Crippen molar-refractivity contribution in [1.29, 1.82) is 0 Å². The lowest BCUT2D eigenvalue weighted by Gasteiger charge is -2.27. The van der Waals surface area contributed by atoms with E-state index in [1.54, 1.807) is 7.11 Å². The van der Waals surface area contributed by atoms with E-state index in [0.29, 0.717) is 24.8 Å². The summed E-state index contributed by atoms with van der Waals surface area (Å²) in [7, 11) is 3.54. The van der Waals surface area contributed by atoms with E-state index >= 15 is 0 Å². The van der Waals surface area contributed by atoms with E-state index in [2.05, 4.69) is 4.98 Å². The summed E-state index contributed by atoms with van der Waals surface area (Å²) in [6.45, 7) is 1.30. The minimum absolute atomic E-state index is 0.170. The summed E-state index contributed by atoms with van der Waals surface area (Å²) < 4.78 is 7.00. The Balaban J connectivity index is 1.59. The molecule has 1 aliphatic heterocycles. The summed E-state index contributed by atoms with van der Waals surface area (Å²) in [5, 5.41) is 0.488. The van der Waals surface area contributed by atoms with E-state index in [4.69, 9.17) is 16.3 Å². The fourth-order valence-electron chi connectivity index (χ4n) is 2.87. The Labute approximate surface area is 140 Å². The molecule has 0 fully saturated rings. The van der Waals surface area contributed by atoms with Crippen molar-refractivity contribution in [3.63, 3.8) is 0 Å². The largest absolute Gasteiger partial charge is 0.497 e. The summed E-state index contributed by atoms with van der Waals surface area (Å²) in [5.41, 5.74) is 3.19. The molecule has 5 nitrogen and oxygen atoms in total. The number of imidazole rings is 1. The number of carbonyl (C=O) groups excluding carboxylic acids is 1. The van der Waals surface area contributed by atoms with Gasteiger partial charge in [0, 0.05) is 26.4 Å². The molecule has 0 bridgehead atoms. The molecular weight excluding hydrogens is 314 g/mol. The number of halogens is 1. The molecule has 0 unspecified atom stereocenters. The molecule has 23 heavy (non-hydrogen) atoms. The first kappa shape index (κ1) is 15.9. The highest BCUT2D eigenvalue weighted by Gasteiger charge is 2.24. The Morgan fingerprint density at radius 3 is 2.78 bits per heavy atom. The molecule has 122 valence electrons. The van der Waals surface area contributed by atoms with Crippen LogP contribution < -0.4 is 4.74 Å². The van der Waals surface area contributed by atoms with Gasteiger partial charge < -0.3 is 14.2 Å². The fraction of sp³-hybridized carbons (Fsp3) is 0.412. The van der Waals surface area contributed by atoms with E-state index in [9.17, 15) is 4.79 Å². The van der Waals surface area contributed by atoms with Crippen LogP contribution in [0.5, 0.6) is 5.75 Å². The van der Waals surface area contributed by atoms with Gasteiger partial charge in [0.15, 0.2) is 0 Å². The molecular formula is C17H20ClN3O2. The lowest BCUT2D eigenvalue weighted by atomic mass is 10.1. The quantitative estimate of drug-likeness (QED) is 0.864. The number of benzene rings is 1. The van der Waals surface area contributed by atoms with E-state index in [1.807, 2.05) is 40.8 Å². The zero-order chi connectivity index (χ0) is 16.4. The van der Waals surface area contributed by atoms with E-state index < -0.39 is 0 Å². The Hall–Kier alpha value is -2.01. The number of ether oxygens (including phenoxy) is 1. The van der Waals surface area contributed by atoms with Gasteiger partial charge >= 0.3 is 0 Å². The summed E-state index contributed by atoms with van der Waals surface area (Å²) in [5.74, 6) is 1.00. The zero-order valence-electron chi connectivity index (χ0n) is 13.4. The lowest BCUT2D eigenvalue weighted by Crippen LogP contribution is -2.36. The molecule has 1 aromatic carbocycles. The van der Waals surface area contributed by atoms with Crippen LogP contribution in [0.4, 0.5) is 0 Å². The first-order valence-corrected chi connectivity index (χ1v) is 8.07. The van der Waals surface area contributed by atoms with E-state index in [-0.39, 0.29) is 5.91 Å². The van der Waals surface area contributed by atoms with Gasteiger partial charge in [-0.25, -0.2) is 4.98 Å². The first-order chi connectivity index (χ1) is 11.1. The minimum Gasteiger partial charge on any atom is -0.497 e. The third-order valence-corrected chi connectivity index (χ3v) is 4.68. The highest BCUT2D eigenvalue weighted by Crippen LogP contribution is 2.22. The van der Waals surface area contributed by atoms with E-state index in [1.165, 1.54) is 0 Å². The highest BCUT2D eigenvalue weighted by atomic mass is 35.5. The van der Waals surface area contributed by atoms with Crippen LogP contribution in [0.25, 0.3) is 0 Å². The number of carbonyl (C=O) groups is 1. The van der Waals surface area contributed by atoms with Crippen molar-refractivity contribution in [2.45, 2.75) is 25.8 Å². The number of hydrogen-bond acceptors (Lipinski definition) is 3. The van der Waals surface area contributed by atoms with Gasteiger partial charge in [0.2, 0.25) is 11.2 Å². The molecule has 0 radical (unpaired) electrons. The van der Waals surface area contributed by atoms with Gasteiger partial charge in [-0.15, -0.1) is 0 Å². The van der Waals surface area contributed by atoms with Crippen molar-refractivity contribution in [3.05, 3.63) is 46.5 Å². The van der Waals surface area contributed by atoms with Crippen LogP contribution >= 0.6 is 11.6 Å². The second kappa shape index (κ2) is 6.62. The van der Waals surface area contributed by atoms with Gasteiger partial charge in [0.1, 0.15) is 5.75 Å². The Morgan fingerprint density at radius 1 is 1.35 bits per heavy atom. The van der Waals surface area contributed by atoms with Gasteiger partial charge in [-0.3, -0.25) is 4.79 Å². The molecule has 2 aromatic rings. The molecule has 2 heterocycles. The van der Waals surface area contributed by atoms with Gasteiger partial charge in [0.05, 0.1) is 25.0 Å². The van der Waals surface area contributed by atoms with Crippen LogP contribution in [0.15, 0.2) is 24.3 Å². The number of aryl methyl sites for hydroxylation is 1. The van der Waals surface area contributed by atoms with Gasteiger partial charge in [-0.05, 0) is 35.7 Å². The molecule has 0 saturated carbocycles. The van der Waals surface area contributed by atoms with Gasteiger partial charge in [-0.1, -0.05) is 12.1 Å². The molecule has 1 amide bonds. The smallest absolute Gasteiger partial charge is 0.223 e. The van der Waals surface area contributed by atoms with Crippen LogP contribution in [0.1, 0.15) is 23.4 Å². The van der Waals surface area contributed by atoms with Crippen molar-refractivity contribution in [3.8, 4) is 5.75 Å². The Bertz CT molecular complexity index is 709. The second-order valence-electron chi connectivity index (χ2n) is 5.75. The third-order valence-electron chi connectivity index (χ3n) is 4.34. The number of nitrogens with zero attached hydrogens (tertiary/aromatic N) is 3. The molecule has 0 aliphatic carbocycles. The van der Waals surface area contributed by atoms with Crippen molar-refractivity contribution < 1.29 is 9.53 Å². The van der Waals surface area contributed by atoms with Gasteiger partial charge in [0.25, 0.3) is 0 Å². The van der Waals surface area contributed by atoms with Crippen LogP contribution in [-0.2, 0) is 31.2 Å². The summed E-state index contributed by atoms with van der Waals surface area (Å²) in [4.78, 5) is 18.7. The van der Waals surface area contributed by atoms with Crippen molar-refractivity contribution in [2.24, 2.45) is 7.05 Å². The zero-order valence-corrected chi connectivity index (χ0v) is 14.1. The van der Waals surface area contributed by atoms with Crippen LogP contribution in [0.3, 0.4) is 0 Å². The average Bonchev–Trinajstić information content (AvgIpc) is 2.87. The number of rotatable bonds is 4. The third kappa shape index (κ3) is 3.34. The molecule has 3 rings (SSSR count). The molecule has 1 aromatic heterocycles. The number of methoxy groups -OCH3 is 1. The van der Waals surface area contributed by atoms with Crippen molar-refractivity contribution in [2.75, 3.05) is 13.7 Å². The molecule has 0 spiro atoms. The number of amides is 1. The highest BCUT2D eigenvalue weighted by molar-refractivity contribution is 6.28. The maximum absolute atomic E-state index is 12.5. The van der Waals surface area contributed by atoms with Crippen LogP contribution in [-0.4, -0.2) is 34.0 Å². The first-order valence-electron chi connectivity index (χ1n) is 7.69. The fourth-order valence-corrected chi connectivity index (χ4v) is 3.07. The lowest BCUT2D eigenvalue weighted by molar-refractivity contribution is -0.132. The SMILES string of the molecule is COc1ccc(CCC(=O)N2CCc3nc(Cl)n(C)c3C2)cc1. The van der Waals surface area contributed by atoms with Gasteiger partial charge in [-0.2, -0.15) is 0 Å². The Morgan fingerprint density at radius 2 is 2.09 bits per heavy atom. The maximum atomic E-state index is 12.5. The minimum atomic E-state index is 0.170. The topological polar surface area (TPSA) is 47.4 Å². The van der Waals surface area contributed by atoms with Crippen molar-refractivity contribution in [1.82, 2.24) is 14.5 Å². The molecule has 1 aliphatic rings. The molecule has 0 saturated heterocycles. The number of fused-ring (bicyclic) bond motifs is 1. The van der Waals surface area contributed by atoms with Crippen LogP contribution in [0, 0.1) is 0 Å². The normalized spacial score (nSPS) is 13.8. The summed E-state index contributed by atoms with van der Waals surface area (Å²) in [6, 6.07) is 7.85. The van der Waals surface area contributed by atoms with Crippen molar-refractivity contribution >= 4 is 17.5 Å².